The second kappa shape index (κ2) is 4.83. The number of aromatic nitrogens is 2. The zero-order chi connectivity index (χ0) is 15.3. The Morgan fingerprint density at radius 3 is 3.05 bits per heavy atom. The first-order valence-corrected chi connectivity index (χ1v) is 7.70. The summed E-state index contributed by atoms with van der Waals surface area (Å²) < 4.78 is 2.18. The highest BCUT2D eigenvalue weighted by molar-refractivity contribution is 6.10. The number of hydrogen-bond acceptors (Lipinski definition) is 3. The minimum Gasteiger partial charge on any atom is -0.477 e. The van der Waals surface area contributed by atoms with Gasteiger partial charge in [0, 0.05) is 24.7 Å². The molecule has 1 atom stereocenters. The van der Waals surface area contributed by atoms with Crippen LogP contribution in [0.1, 0.15) is 37.2 Å². The SMILES string of the molecule is O=C(O)C1=CCC2C(=Cc3cn4c(n3)CCCCC4)C(=O)N12. The number of nitrogens with zero attached hydrogens (tertiary/aromatic N) is 3. The molecule has 4 rings (SSSR count). The van der Waals surface area contributed by atoms with Crippen LogP contribution in [0.25, 0.3) is 6.08 Å². The predicted molar refractivity (Wildman–Crippen MR) is 78.7 cm³/mol. The minimum atomic E-state index is -1.04. The van der Waals surface area contributed by atoms with Gasteiger partial charge in [0.2, 0.25) is 0 Å². The minimum absolute atomic E-state index is 0.104. The van der Waals surface area contributed by atoms with Crippen molar-refractivity contribution in [3.8, 4) is 0 Å². The van der Waals surface area contributed by atoms with Crippen molar-refractivity contribution < 1.29 is 14.7 Å². The van der Waals surface area contributed by atoms with E-state index in [1.54, 1.807) is 6.08 Å². The summed E-state index contributed by atoms with van der Waals surface area (Å²) in [6.45, 7) is 0.986. The third kappa shape index (κ3) is 1.90. The van der Waals surface area contributed by atoms with Crippen molar-refractivity contribution in [2.75, 3.05) is 0 Å². The molecule has 1 saturated heterocycles. The van der Waals surface area contributed by atoms with E-state index in [9.17, 15) is 9.59 Å². The van der Waals surface area contributed by atoms with Crippen LogP contribution in [0.4, 0.5) is 0 Å². The molecule has 0 aromatic carbocycles. The van der Waals surface area contributed by atoms with Crippen LogP contribution in [0.15, 0.2) is 23.5 Å². The number of carboxylic acid groups (broad SMARTS) is 1. The maximum absolute atomic E-state index is 12.2. The molecular formula is C16H17N3O3. The van der Waals surface area contributed by atoms with E-state index in [2.05, 4.69) is 9.55 Å². The molecule has 6 heteroatoms. The van der Waals surface area contributed by atoms with E-state index in [-0.39, 0.29) is 17.6 Å². The summed E-state index contributed by atoms with van der Waals surface area (Å²) in [5.74, 6) is -0.160. The highest BCUT2D eigenvalue weighted by atomic mass is 16.4. The number of imidazole rings is 1. The first kappa shape index (κ1) is 13.3. The highest BCUT2D eigenvalue weighted by Crippen LogP contribution is 2.38. The zero-order valence-electron chi connectivity index (χ0n) is 12.2. The van der Waals surface area contributed by atoms with Crippen LogP contribution in [0.5, 0.6) is 0 Å². The number of amides is 1. The normalized spacial score (nSPS) is 25.4. The van der Waals surface area contributed by atoms with Gasteiger partial charge in [0.25, 0.3) is 5.91 Å². The summed E-state index contributed by atoms with van der Waals surface area (Å²) in [7, 11) is 0. The van der Waals surface area contributed by atoms with Gasteiger partial charge in [-0.15, -0.1) is 0 Å². The van der Waals surface area contributed by atoms with Gasteiger partial charge in [-0.2, -0.15) is 0 Å². The Morgan fingerprint density at radius 2 is 2.23 bits per heavy atom. The lowest BCUT2D eigenvalue weighted by molar-refractivity contribution is -0.142. The Kier molecular flexibility index (Phi) is 2.92. The molecule has 1 aromatic heterocycles. The van der Waals surface area contributed by atoms with Crippen LogP contribution < -0.4 is 0 Å². The standard InChI is InChI=1S/C16H17N3O3/c20-15-11(12-5-6-13(16(21)22)19(12)15)8-10-9-18-7-3-1-2-4-14(18)17-10/h6,8-9,12H,1-5,7H2,(H,21,22). The Bertz CT molecular complexity index is 705. The Balaban J connectivity index is 1.58. The third-order valence-corrected chi connectivity index (χ3v) is 4.63. The molecule has 0 bridgehead atoms. The van der Waals surface area contributed by atoms with Gasteiger partial charge in [-0.3, -0.25) is 9.69 Å². The Labute approximate surface area is 127 Å². The van der Waals surface area contributed by atoms with Crippen LogP contribution in [0.2, 0.25) is 0 Å². The number of carbonyl (C=O) groups excluding carboxylic acids is 1. The number of fused-ring (bicyclic) bond motifs is 2. The van der Waals surface area contributed by atoms with Crippen LogP contribution in [-0.2, 0) is 22.6 Å². The van der Waals surface area contributed by atoms with Gasteiger partial charge in [0.15, 0.2) is 0 Å². The van der Waals surface area contributed by atoms with Crippen LogP contribution in [0, 0.1) is 0 Å². The third-order valence-electron chi connectivity index (χ3n) is 4.63. The molecule has 0 radical (unpaired) electrons. The van der Waals surface area contributed by atoms with Crippen LogP contribution >= 0.6 is 0 Å². The largest absolute Gasteiger partial charge is 0.477 e. The molecule has 6 nitrogen and oxygen atoms in total. The molecule has 0 aliphatic carbocycles. The molecular weight excluding hydrogens is 282 g/mol. The molecule has 1 N–H and O–H groups in total. The number of β-lactam (4-membered cyclic amide) rings is 1. The van der Waals surface area contributed by atoms with Gasteiger partial charge in [-0.1, -0.05) is 12.5 Å². The molecule has 4 heterocycles. The van der Waals surface area contributed by atoms with Crippen molar-refractivity contribution in [1.29, 1.82) is 0 Å². The lowest BCUT2D eigenvalue weighted by Crippen LogP contribution is -2.52. The maximum Gasteiger partial charge on any atom is 0.352 e. The predicted octanol–water partition coefficient (Wildman–Crippen LogP) is 1.58. The van der Waals surface area contributed by atoms with Crippen molar-refractivity contribution in [1.82, 2.24) is 14.5 Å². The average Bonchev–Trinajstić information content (AvgIpc) is 3.00. The average molecular weight is 299 g/mol. The number of rotatable bonds is 2. The zero-order valence-corrected chi connectivity index (χ0v) is 12.2. The summed E-state index contributed by atoms with van der Waals surface area (Å²) in [6.07, 6.45) is 10.6. The van der Waals surface area contributed by atoms with E-state index in [1.165, 1.54) is 17.7 Å². The number of carbonyl (C=O) groups is 2. The van der Waals surface area contributed by atoms with E-state index in [4.69, 9.17) is 5.11 Å². The summed E-state index contributed by atoms with van der Waals surface area (Å²) in [5, 5.41) is 9.07. The quantitative estimate of drug-likeness (QED) is 0.664. The second-order valence-electron chi connectivity index (χ2n) is 6.01. The van der Waals surface area contributed by atoms with Gasteiger partial charge in [-0.05, 0) is 25.3 Å². The maximum atomic E-state index is 12.2. The fraction of sp³-hybridized carbons (Fsp3) is 0.438. The van der Waals surface area contributed by atoms with Crippen molar-refractivity contribution in [2.45, 2.75) is 44.7 Å². The number of carboxylic acids is 1. The van der Waals surface area contributed by atoms with Crippen molar-refractivity contribution in [2.24, 2.45) is 0 Å². The van der Waals surface area contributed by atoms with E-state index in [0.29, 0.717) is 12.0 Å². The van der Waals surface area contributed by atoms with Gasteiger partial charge >= 0.3 is 5.97 Å². The monoisotopic (exact) mass is 299 g/mol. The van der Waals surface area contributed by atoms with Gasteiger partial charge in [-0.25, -0.2) is 9.78 Å². The Hall–Kier alpha value is -2.37. The second-order valence-corrected chi connectivity index (χ2v) is 6.01. The van der Waals surface area contributed by atoms with Crippen molar-refractivity contribution in [3.63, 3.8) is 0 Å². The van der Waals surface area contributed by atoms with E-state index in [0.717, 1.165) is 30.9 Å². The molecule has 3 aliphatic heterocycles. The summed E-state index contributed by atoms with van der Waals surface area (Å²) in [6, 6.07) is -0.125. The molecule has 0 spiro atoms. The lowest BCUT2D eigenvalue weighted by atomic mass is 9.94. The fourth-order valence-corrected chi connectivity index (χ4v) is 3.52. The molecule has 1 amide bonds. The molecule has 3 aliphatic rings. The molecule has 1 aromatic rings. The molecule has 0 saturated carbocycles. The number of hydrogen-bond donors (Lipinski definition) is 1. The topological polar surface area (TPSA) is 75.4 Å². The number of aliphatic carboxylic acids is 1. The molecule has 114 valence electrons. The van der Waals surface area contributed by atoms with E-state index >= 15 is 0 Å². The van der Waals surface area contributed by atoms with Crippen molar-refractivity contribution in [3.05, 3.63) is 35.1 Å². The van der Waals surface area contributed by atoms with Gasteiger partial charge in [0.05, 0.1) is 11.7 Å². The smallest absolute Gasteiger partial charge is 0.352 e. The van der Waals surface area contributed by atoms with Gasteiger partial charge in [0.1, 0.15) is 11.5 Å². The molecule has 1 fully saturated rings. The molecule has 22 heavy (non-hydrogen) atoms. The van der Waals surface area contributed by atoms with Crippen LogP contribution in [-0.4, -0.2) is 37.5 Å². The summed E-state index contributed by atoms with van der Waals surface area (Å²) in [4.78, 5) is 29.2. The Morgan fingerprint density at radius 1 is 1.36 bits per heavy atom. The number of aryl methyl sites for hydroxylation is 2. The van der Waals surface area contributed by atoms with E-state index in [1.807, 2.05) is 12.3 Å². The highest BCUT2D eigenvalue weighted by Gasteiger charge is 2.48. The fourth-order valence-electron chi connectivity index (χ4n) is 3.52. The molecule has 1 unspecified atom stereocenters. The lowest BCUT2D eigenvalue weighted by Gasteiger charge is -2.38. The summed E-state index contributed by atoms with van der Waals surface area (Å²) in [5.41, 5.74) is 1.58. The summed E-state index contributed by atoms with van der Waals surface area (Å²) >= 11 is 0. The van der Waals surface area contributed by atoms with Crippen molar-refractivity contribution >= 4 is 18.0 Å². The first-order chi connectivity index (χ1) is 10.6. The van der Waals surface area contributed by atoms with Crippen LogP contribution in [0.3, 0.4) is 0 Å². The first-order valence-electron chi connectivity index (χ1n) is 7.70. The van der Waals surface area contributed by atoms with Gasteiger partial charge < -0.3 is 9.67 Å². The van der Waals surface area contributed by atoms with E-state index < -0.39 is 5.97 Å².